The fourth-order valence-corrected chi connectivity index (χ4v) is 1.82. The predicted molar refractivity (Wildman–Crippen MR) is 68.5 cm³/mol. The van der Waals surface area contributed by atoms with Crippen molar-refractivity contribution in [2.45, 2.75) is 18.9 Å². The molecule has 2 amide bonds. The van der Waals surface area contributed by atoms with Crippen molar-refractivity contribution in [1.82, 2.24) is 5.32 Å². The number of nitrogen functional groups attached to an aromatic ring is 1. The number of hydrogen-bond acceptors (Lipinski definition) is 2. The van der Waals surface area contributed by atoms with Crippen molar-refractivity contribution in [3.63, 3.8) is 0 Å². The zero-order chi connectivity index (χ0) is 11.7. The van der Waals surface area contributed by atoms with Crippen LogP contribution < -0.4 is 16.0 Å². The first-order valence-electron chi connectivity index (χ1n) is 5.17. The maximum atomic E-state index is 11.8. The second-order valence-corrected chi connectivity index (χ2v) is 4.90. The highest BCUT2D eigenvalue weighted by Gasteiger charge is 2.25. The highest BCUT2D eigenvalue weighted by atomic mass is 79.9. The van der Waals surface area contributed by atoms with E-state index in [-0.39, 0.29) is 6.03 Å². The summed E-state index contributed by atoms with van der Waals surface area (Å²) in [5.74, 6) is 0. The number of halogens is 1. The van der Waals surface area contributed by atoms with Crippen LogP contribution in [-0.4, -0.2) is 19.1 Å². The predicted octanol–water partition coefficient (Wildman–Crippen LogP) is 2.34. The number of urea groups is 1. The normalized spacial score (nSPS) is 14.6. The highest BCUT2D eigenvalue weighted by Crippen LogP contribution is 2.26. The number of anilines is 2. The van der Waals surface area contributed by atoms with Gasteiger partial charge in [0.1, 0.15) is 0 Å². The van der Waals surface area contributed by atoms with Crippen molar-refractivity contribution in [3.05, 3.63) is 22.7 Å². The largest absolute Gasteiger partial charge is 0.397 e. The van der Waals surface area contributed by atoms with Crippen LogP contribution >= 0.6 is 15.9 Å². The van der Waals surface area contributed by atoms with Crippen LogP contribution in [-0.2, 0) is 0 Å². The molecule has 1 aromatic carbocycles. The van der Waals surface area contributed by atoms with Crippen molar-refractivity contribution in [2.75, 3.05) is 17.7 Å². The van der Waals surface area contributed by atoms with Gasteiger partial charge in [-0.05, 0) is 31.0 Å². The first kappa shape index (κ1) is 11.3. The second kappa shape index (κ2) is 4.33. The van der Waals surface area contributed by atoms with Gasteiger partial charge in [0.15, 0.2) is 0 Å². The average molecular weight is 284 g/mol. The molecule has 16 heavy (non-hydrogen) atoms. The Morgan fingerprint density at radius 3 is 2.81 bits per heavy atom. The molecule has 2 rings (SSSR count). The van der Waals surface area contributed by atoms with Crippen LogP contribution in [0, 0.1) is 0 Å². The molecule has 1 aliphatic carbocycles. The third-order valence-corrected chi connectivity index (χ3v) is 3.05. The van der Waals surface area contributed by atoms with E-state index in [4.69, 9.17) is 5.73 Å². The molecule has 1 fully saturated rings. The smallest absolute Gasteiger partial charge is 0.321 e. The van der Waals surface area contributed by atoms with Gasteiger partial charge in [0.05, 0.1) is 11.4 Å². The molecule has 0 atom stereocenters. The summed E-state index contributed by atoms with van der Waals surface area (Å²) in [6.45, 7) is 0. The van der Waals surface area contributed by atoms with Gasteiger partial charge in [-0.25, -0.2) is 4.79 Å². The van der Waals surface area contributed by atoms with E-state index in [1.807, 2.05) is 12.1 Å². The Labute approximate surface area is 103 Å². The van der Waals surface area contributed by atoms with Crippen molar-refractivity contribution in [2.24, 2.45) is 0 Å². The molecule has 1 aromatic rings. The van der Waals surface area contributed by atoms with Crippen LogP contribution in [0.1, 0.15) is 12.8 Å². The van der Waals surface area contributed by atoms with E-state index in [0.29, 0.717) is 11.7 Å². The molecule has 0 aliphatic heterocycles. The SMILES string of the molecule is CN(C(=O)NC1CC1)c1ccc(Br)cc1N. The van der Waals surface area contributed by atoms with Gasteiger partial charge in [-0.15, -0.1) is 0 Å². The minimum Gasteiger partial charge on any atom is -0.397 e. The summed E-state index contributed by atoms with van der Waals surface area (Å²) in [5, 5.41) is 2.91. The van der Waals surface area contributed by atoms with Gasteiger partial charge in [-0.3, -0.25) is 4.90 Å². The maximum Gasteiger partial charge on any atom is 0.321 e. The van der Waals surface area contributed by atoms with E-state index >= 15 is 0 Å². The Balaban J connectivity index is 2.12. The van der Waals surface area contributed by atoms with Gasteiger partial charge in [-0.2, -0.15) is 0 Å². The van der Waals surface area contributed by atoms with Crippen LogP contribution in [0.25, 0.3) is 0 Å². The van der Waals surface area contributed by atoms with Crippen LogP contribution in [0.2, 0.25) is 0 Å². The van der Waals surface area contributed by atoms with Crippen molar-refractivity contribution >= 4 is 33.3 Å². The molecule has 0 unspecified atom stereocenters. The van der Waals surface area contributed by atoms with Crippen LogP contribution in [0.4, 0.5) is 16.2 Å². The van der Waals surface area contributed by atoms with Gasteiger partial charge >= 0.3 is 6.03 Å². The minimum absolute atomic E-state index is 0.100. The fourth-order valence-electron chi connectivity index (χ4n) is 1.44. The van der Waals surface area contributed by atoms with E-state index < -0.39 is 0 Å². The Morgan fingerprint density at radius 2 is 2.25 bits per heavy atom. The van der Waals surface area contributed by atoms with Crippen molar-refractivity contribution in [3.8, 4) is 0 Å². The lowest BCUT2D eigenvalue weighted by atomic mass is 10.2. The lowest BCUT2D eigenvalue weighted by Crippen LogP contribution is -2.38. The second-order valence-electron chi connectivity index (χ2n) is 3.99. The van der Waals surface area contributed by atoms with Gasteiger partial charge in [0.2, 0.25) is 0 Å². The molecular formula is C11H14BrN3O. The number of nitrogens with zero attached hydrogens (tertiary/aromatic N) is 1. The van der Waals surface area contributed by atoms with E-state index in [9.17, 15) is 4.79 Å². The number of benzene rings is 1. The van der Waals surface area contributed by atoms with E-state index in [0.717, 1.165) is 23.0 Å². The third-order valence-electron chi connectivity index (χ3n) is 2.56. The number of rotatable bonds is 2. The van der Waals surface area contributed by atoms with Crippen LogP contribution in [0.3, 0.4) is 0 Å². The molecule has 0 saturated heterocycles. The summed E-state index contributed by atoms with van der Waals surface area (Å²) < 4.78 is 0.907. The van der Waals surface area contributed by atoms with Gasteiger partial charge in [-0.1, -0.05) is 15.9 Å². The molecule has 1 saturated carbocycles. The Kier molecular flexibility index (Phi) is 3.05. The lowest BCUT2D eigenvalue weighted by molar-refractivity contribution is 0.247. The van der Waals surface area contributed by atoms with Crippen molar-refractivity contribution < 1.29 is 4.79 Å². The van der Waals surface area contributed by atoms with E-state index in [1.165, 1.54) is 0 Å². The Bertz CT molecular complexity index is 418. The quantitative estimate of drug-likeness (QED) is 0.819. The molecule has 0 spiro atoms. The number of carbonyl (C=O) groups excluding carboxylic acids is 1. The molecule has 4 nitrogen and oxygen atoms in total. The van der Waals surface area contributed by atoms with Crippen LogP contribution in [0.15, 0.2) is 22.7 Å². The standard InChI is InChI=1S/C11H14BrN3O/c1-15(11(16)14-8-3-4-8)10-5-2-7(12)6-9(10)13/h2,5-6,8H,3-4,13H2,1H3,(H,14,16). The van der Waals surface area contributed by atoms with Gasteiger partial charge < -0.3 is 11.1 Å². The summed E-state index contributed by atoms with van der Waals surface area (Å²) in [7, 11) is 1.72. The van der Waals surface area contributed by atoms with E-state index in [1.54, 1.807) is 18.0 Å². The molecular weight excluding hydrogens is 270 g/mol. The Morgan fingerprint density at radius 1 is 1.56 bits per heavy atom. The first-order chi connectivity index (χ1) is 7.58. The molecule has 0 bridgehead atoms. The third kappa shape index (κ3) is 2.47. The first-order valence-corrected chi connectivity index (χ1v) is 5.96. The summed E-state index contributed by atoms with van der Waals surface area (Å²) in [6.07, 6.45) is 2.16. The molecule has 1 aliphatic rings. The summed E-state index contributed by atoms with van der Waals surface area (Å²) in [5.41, 5.74) is 7.16. The average Bonchev–Trinajstić information content (AvgIpc) is 3.00. The summed E-state index contributed by atoms with van der Waals surface area (Å²) in [6, 6.07) is 5.73. The number of hydrogen-bond donors (Lipinski definition) is 2. The minimum atomic E-state index is -0.100. The highest BCUT2D eigenvalue weighted by molar-refractivity contribution is 9.10. The summed E-state index contributed by atoms with van der Waals surface area (Å²) >= 11 is 3.33. The molecule has 0 heterocycles. The van der Waals surface area contributed by atoms with Crippen molar-refractivity contribution in [1.29, 1.82) is 0 Å². The Hall–Kier alpha value is -1.23. The number of nitrogens with one attached hydrogen (secondary N) is 1. The molecule has 0 aromatic heterocycles. The fraction of sp³-hybridized carbons (Fsp3) is 0.364. The monoisotopic (exact) mass is 283 g/mol. The summed E-state index contributed by atoms with van der Waals surface area (Å²) in [4.78, 5) is 13.3. The number of nitrogens with two attached hydrogens (primary N) is 1. The van der Waals surface area contributed by atoms with Crippen LogP contribution in [0.5, 0.6) is 0 Å². The topological polar surface area (TPSA) is 58.4 Å². The number of carbonyl (C=O) groups is 1. The van der Waals surface area contributed by atoms with Gasteiger partial charge in [0.25, 0.3) is 0 Å². The lowest BCUT2D eigenvalue weighted by Gasteiger charge is -2.19. The zero-order valence-electron chi connectivity index (χ0n) is 9.03. The molecule has 3 N–H and O–H groups in total. The zero-order valence-corrected chi connectivity index (χ0v) is 10.6. The molecule has 0 radical (unpaired) electrons. The maximum absolute atomic E-state index is 11.8. The molecule has 5 heteroatoms. The van der Waals surface area contributed by atoms with E-state index in [2.05, 4.69) is 21.2 Å². The molecule has 86 valence electrons. The van der Waals surface area contributed by atoms with Gasteiger partial charge in [0, 0.05) is 17.6 Å². The number of amides is 2.